The highest BCUT2D eigenvalue weighted by atomic mass is 127. The summed E-state index contributed by atoms with van der Waals surface area (Å²) in [4.78, 5) is 12.4. The summed E-state index contributed by atoms with van der Waals surface area (Å²) in [6.07, 6.45) is -3.05. The van der Waals surface area contributed by atoms with Crippen molar-refractivity contribution in [2.75, 3.05) is 0 Å². The molecule has 1 aliphatic carbocycles. The number of carbonyl (C=O) groups excluding carboxylic acids is 1. The molecule has 1 amide bonds. The summed E-state index contributed by atoms with van der Waals surface area (Å²) in [5.74, 6) is -0.535. The van der Waals surface area contributed by atoms with Gasteiger partial charge < -0.3 is 5.32 Å². The molecule has 1 fully saturated rings. The standard InChI is InChI=1S/C18H15F3INO/c19-18(20,21)14-7-3-1-5-11(14)12-9-10-16(12)23-17(24)13-6-2-4-8-15(13)22/h1-8,12,16H,9-10H2,(H,23,24)/t12-,16+/m0/s1. The molecule has 2 nitrogen and oxygen atoms in total. The highest BCUT2D eigenvalue weighted by molar-refractivity contribution is 14.1. The second-order valence-electron chi connectivity index (χ2n) is 5.83. The monoisotopic (exact) mass is 445 g/mol. The average molecular weight is 445 g/mol. The Labute approximate surface area is 151 Å². The Morgan fingerprint density at radius 2 is 1.71 bits per heavy atom. The first-order chi connectivity index (χ1) is 11.4. The first kappa shape index (κ1) is 17.3. The SMILES string of the molecule is O=C(N[C@@H]1CC[C@H]1c1ccccc1C(F)(F)F)c1ccccc1I. The number of nitrogens with one attached hydrogen (secondary N) is 1. The molecule has 1 saturated carbocycles. The Morgan fingerprint density at radius 1 is 1.04 bits per heavy atom. The fourth-order valence-corrected chi connectivity index (χ4v) is 3.65. The number of amides is 1. The number of benzene rings is 2. The minimum atomic E-state index is -4.38. The summed E-state index contributed by atoms with van der Waals surface area (Å²) in [6, 6.07) is 12.5. The molecule has 0 aromatic heterocycles. The van der Waals surface area contributed by atoms with Gasteiger partial charge in [-0.3, -0.25) is 4.79 Å². The van der Waals surface area contributed by atoms with E-state index in [1.54, 1.807) is 18.2 Å². The lowest BCUT2D eigenvalue weighted by atomic mass is 9.73. The molecule has 2 aromatic rings. The van der Waals surface area contributed by atoms with E-state index in [1.807, 2.05) is 12.1 Å². The average Bonchev–Trinajstić information content (AvgIpc) is 2.51. The second-order valence-corrected chi connectivity index (χ2v) is 6.99. The Balaban J connectivity index is 1.79. The maximum Gasteiger partial charge on any atom is 0.416 e. The quantitative estimate of drug-likeness (QED) is 0.664. The van der Waals surface area contributed by atoms with Crippen LogP contribution in [0.25, 0.3) is 0 Å². The fraction of sp³-hybridized carbons (Fsp3) is 0.278. The van der Waals surface area contributed by atoms with Crippen molar-refractivity contribution in [1.82, 2.24) is 5.32 Å². The van der Waals surface area contributed by atoms with E-state index < -0.39 is 11.7 Å². The third-order valence-electron chi connectivity index (χ3n) is 4.38. The zero-order valence-electron chi connectivity index (χ0n) is 12.6. The van der Waals surface area contributed by atoms with Crippen LogP contribution in [-0.2, 0) is 6.18 Å². The molecule has 0 radical (unpaired) electrons. The summed E-state index contributed by atoms with van der Waals surface area (Å²) in [7, 11) is 0. The van der Waals surface area contributed by atoms with E-state index in [9.17, 15) is 18.0 Å². The summed E-state index contributed by atoms with van der Waals surface area (Å²) < 4.78 is 40.4. The van der Waals surface area contributed by atoms with Crippen molar-refractivity contribution in [2.24, 2.45) is 0 Å². The number of carbonyl (C=O) groups is 1. The molecule has 2 atom stereocenters. The topological polar surface area (TPSA) is 29.1 Å². The highest BCUT2D eigenvalue weighted by Gasteiger charge is 2.40. The van der Waals surface area contributed by atoms with Gasteiger partial charge in [0.25, 0.3) is 5.91 Å². The van der Waals surface area contributed by atoms with Gasteiger partial charge in [0.1, 0.15) is 0 Å². The molecule has 126 valence electrons. The van der Waals surface area contributed by atoms with Crippen LogP contribution in [0.2, 0.25) is 0 Å². The van der Waals surface area contributed by atoms with E-state index in [4.69, 9.17) is 0 Å². The molecule has 0 spiro atoms. The van der Waals surface area contributed by atoms with Crippen LogP contribution in [0.3, 0.4) is 0 Å². The van der Waals surface area contributed by atoms with Gasteiger partial charge in [-0.15, -0.1) is 0 Å². The predicted octanol–water partition coefficient (Wildman–Crippen LogP) is 4.99. The van der Waals surface area contributed by atoms with Crippen LogP contribution in [0.1, 0.15) is 40.2 Å². The molecule has 0 heterocycles. The molecular weight excluding hydrogens is 430 g/mol. The van der Waals surface area contributed by atoms with E-state index in [0.717, 1.165) is 9.64 Å². The van der Waals surface area contributed by atoms with Crippen molar-refractivity contribution in [3.05, 3.63) is 68.8 Å². The van der Waals surface area contributed by atoms with Gasteiger partial charge in [0.15, 0.2) is 0 Å². The van der Waals surface area contributed by atoms with Crippen molar-refractivity contribution >= 4 is 28.5 Å². The van der Waals surface area contributed by atoms with Gasteiger partial charge in [-0.25, -0.2) is 0 Å². The Morgan fingerprint density at radius 3 is 2.33 bits per heavy atom. The van der Waals surface area contributed by atoms with Crippen LogP contribution in [0, 0.1) is 3.57 Å². The van der Waals surface area contributed by atoms with E-state index >= 15 is 0 Å². The highest BCUT2D eigenvalue weighted by Crippen LogP contribution is 2.43. The summed E-state index contributed by atoms with van der Waals surface area (Å²) in [5.41, 5.74) is 0.209. The molecule has 6 heteroatoms. The maximum atomic E-state index is 13.2. The lowest BCUT2D eigenvalue weighted by molar-refractivity contribution is -0.138. The zero-order chi connectivity index (χ0) is 17.3. The largest absolute Gasteiger partial charge is 0.416 e. The zero-order valence-corrected chi connectivity index (χ0v) is 14.8. The van der Waals surface area contributed by atoms with E-state index in [2.05, 4.69) is 27.9 Å². The molecule has 0 unspecified atom stereocenters. The van der Waals surface area contributed by atoms with Crippen LogP contribution in [-0.4, -0.2) is 11.9 Å². The van der Waals surface area contributed by atoms with E-state index in [1.165, 1.54) is 12.1 Å². The van der Waals surface area contributed by atoms with Gasteiger partial charge in [-0.2, -0.15) is 13.2 Å². The van der Waals surface area contributed by atoms with Crippen molar-refractivity contribution in [1.29, 1.82) is 0 Å². The first-order valence-electron chi connectivity index (χ1n) is 7.59. The van der Waals surface area contributed by atoms with Gasteiger partial charge in [0.05, 0.1) is 11.1 Å². The van der Waals surface area contributed by atoms with Gasteiger partial charge in [0.2, 0.25) is 0 Å². The summed E-state index contributed by atoms with van der Waals surface area (Å²) in [6.45, 7) is 0. The second kappa shape index (κ2) is 6.74. The van der Waals surface area contributed by atoms with Gasteiger partial charge in [0, 0.05) is 15.5 Å². The lowest BCUT2D eigenvalue weighted by Gasteiger charge is -2.38. The molecule has 24 heavy (non-hydrogen) atoms. The normalized spacial score (nSPS) is 20.3. The van der Waals surface area contributed by atoms with Crippen LogP contribution >= 0.6 is 22.6 Å². The Hall–Kier alpha value is -1.57. The van der Waals surface area contributed by atoms with Crippen LogP contribution in [0.4, 0.5) is 13.2 Å². The third kappa shape index (κ3) is 3.43. The van der Waals surface area contributed by atoms with Gasteiger partial charge in [-0.05, 0) is 59.2 Å². The van der Waals surface area contributed by atoms with Crippen molar-refractivity contribution in [3.63, 3.8) is 0 Å². The minimum absolute atomic E-state index is 0.237. The maximum absolute atomic E-state index is 13.2. The molecule has 1 N–H and O–H groups in total. The Kier molecular flexibility index (Phi) is 4.85. The molecule has 0 saturated heterocycles. The van der Waals surface area contributed by atoms with E-state index in [0.29, 0.717) is 18.4 Å². The molecule has 2 aromatic carbocycles. The molecule has 3 rings (SSSR count). The minimum Gasteiger partial charge on any atom is -0.349 e. The van der Waals surface area contributed by atoms with Crippen LogP contribution in [0.15, 0.2) is 48.5 Å². The Bertz CT molecular complexity index is 760. The predicted molar refractivity (Wildman–Crippen MR) is 93.8 cm³/mol. The number of alkyl halides is 3. The number of halogens is 4. The lowest BCUT2D eigenvalue weighted by Crippen LogP contribution is -2.46. The van der Waals surface area contributed by atoms with Crippen molar-refractivity contribution in [2.45, 2.75) is 31.0 Å². The molecular formula is C18H15F3INO. The first-order valence-corrected chi connectivity index (χ1v) is 8.67. The number of rotatable bonds is 3. The van der Waals surface area contributed by atoms with Crippen molar-refractivity contribution < 1.29 is 18.0 Å². The molecule has 1 aliphatic rings. The summed E-state index contributed by atoms with van der Waals surface area (Å²) in [5, 5.41) is 2.89. The van der Waals surface area contributed by atoms with Crippen LogP contribution < -0.4 is 5.32 Å². The fourth-order valence-electron chi connectivity index (χ4n) is 3.01. The van der Waals surface area contributed by atoms with E-state index in [-0.39, 0.29) is 23.4 Å². The molecule has 0 bridgehead atoms. The number of hydrogen-bond donors (Lipinski definition) is 1. The smallest absolute Gasteiger partial charge is 0.349 e. The number of hydrogen-bond acceptors (Lipinski definition) is 1. The van der Waals surface area contributed by atoms with Crippen molar-refractivity contribution in [3.8, 4) is 0 Å². The third-order valence-corrected chi connectivity index (χ3v) is 5.32. The van der Waals surface area contributed by atoms with Gasteiger partial charge >= 0.3 is 6.18 Å². The van der Waals surface area contributed by atoms with Crippen LogP contribution in [0.5, 0.6) is 0 Å². The molecule has 0 aliphatic heterocycles. The summed E-state index contributed by atoms with van der Waals surface area (Å²) >= 11 is 2.08. The van der Waals surface area contributed by atoms with Gasteiger partial charge in [-0.1, -0.05) is 30.3 Å².